The maximum absolute atomic E-state index is 8.69. The van der Waals surface area contributed by atoms with E-state index in [1.54, 1.807) is 0 Å². The van der Waals surface area contributed by atoms with Crippen molar-refractivity contribution < 1.29 is 5.11 Å². The van der Waals surface area contributed by atoms with E-state index in [2.05, 4.69) is 22.9 Å². The molecule has 0 aliphatic heterocycles. The van der Waals surface area contributed by atoms with Gasteiger partial charge in [-0.2, -0.15) is 0 Å². The van der Waals surface area contributed by atoms with E-state index in [4.69, 9.17) is 5.11 Å². The molecule has 11 heavy (non-hydrogen) atoms. The average Bonchev–Trinajstić information content (AvgIpc) is 2.04. The number of halogens is 1. The highest BCUT2D eigenvalue weighted by Gasteiger charge is 1.99. The summed E-state index contributed by atoms with van der Waals surface area (Å²) in [6.45, 7) is 2.49. The van der Waals surface area contributed by atoms with E-state index in [-0.39, 0.29) is 6.61 Å². The van der Waals surface area contributed by atoms with Gasteiger partial charge in [0.15, 0.2) is 0 Å². The van der Waals surface area contributed by atoms with Gasteiger partial charge in [-0.05, 0) is 6.42 Å². The predicted octanol–water partition coefficient (Wildman–Crippen LogP) is 3.10. The number of hydrogen-bond donors (Lipinski definition) is 1. The van der Waals surface area contributed by atoms with Crippen LogP contribution in [0.4, 0.5) is 0 Å². The number of hydrogen-bond acceptors (Lipinski definition) is 1. The first kappa shape index (κ1) is 11.4. The second-order valence-corrected chi connectivity index (χ2v) is 4.28. The van der Waals surface area contributed by atoms with Crippen LogP contribution in [0, 0.1) is 0 Å². The van der Waals surface area contributed by atoms with Gasteiger partial charge in [0.1, 0.15) is 0 Å². The van der Waals surface area contributed by atoms with E-state index in [1.807, 2.05) is 0 Å². The standard InChI is InChI=1S/C9H19BrO/c1-2-3-4-5-6-7-9(10)8-11/h9,11H,2-8H2,1H3. The average molecular weight is 223 g/mol. The molecule has 1 nitrogen and oxygen atoms in total. The van der Waals surface area contributed by atoms with Crippen LogP contribution >= 0.6 is 15.9 Å². The molecule has 0 radical (unpaired) electrons. The van der Waals surface area contributed by atoms with E-state index in [9.17, 15) is 0 Å². The van der Waals surface area contributed by atoms with Gasteiger partial charge in [0.05, 0.1) is 6.61 Å². The van der Waals surface area contributed by atoms with Crippen molar-refractivity contribution in [1.29, 1.82) is 0 Å². The molecule has 1 atom stereocenters. The highest BCUT2D eigenvalue weighted by molar-refractivity contribution is 9.09. The Morgan fingerprint density at radius 1 is 1.18 bits per heavy atom. The van der Waals surface area contributed by atoms with Crippen LogP contribution in [0.25, 0.3) is 0 Å². The molecule has 0 aromatic rings. The molecule has 0 bridgehead atoms. The summed E-state index contributed by atoms with van der Waals surface area (Å²) >= 11 is 3.40. The molecule has 2 heteroatoms. The zero-order chi connectivity index (χ0) is 8.53. The van der Waals surface area contributed by atoms with Gasteiger partial charge in [-0.1, -0.05) is 55.0 Å². The number of aliphatic hydroxyl groups excluding tert-OH is 1. The number of rotatable bonds is 7. The molecule has 0 aliphatic carbocycles. The maximum atomic E-state index is 8.69. The largest absolute Gasteiger partial charge is 0.395 e. The zero-order valence-corrected chi connectivity index (χ0v) is 8.94. The van der Waals surface area contributed by atoms with Crippen molar-refractivity contribution in [2.75, 3.05) is 6.61 Å². The van der Waals surface area contributed by atoms with E-state index in [0.717, 1.165) is 6.42 Å². The molecule has 0 heterocycles. The molecular weight excluding hydrogens is 204 g/mol. The summed E-state index contributed by atoms with van der Waals surface area (Å²) in [5.74, 6) is 0. The zero-order valence-electron chi connectivity index (χ0n) is 7.35. The van der Waals surface area contributed by atoms with Crippen molar-refractivity contribution in [1.82, 2.24) is 0 Å². The third kappa shape index (κ3) is 8.35. The van der Waals surface area contributed by atoms with Crippen LogP contribution in [0.2, 0.25) is 0 Å². The summed E-state index contributed by atoms with van der Waals surface area (Å²) in [5, 5.41) is 8.69. The summed E-state index contributed by atoms with van der Waals surface area (Å²) in [6.07, 6.45) is 7.68. The summed E-state index contributed by atoms with van der Waals surface area (Å²) in [6, 6.07) is 0. The van der Waals surface area contributed by atoms with Crippen LogP contribution in [0.1, 0.15) is 45.4 Å². The topological polar surface area (TPSA) is 20.2 Å². The van der Waals surface area contributed by atoms with Crippen LogP contribution in [0.15, 0.2) is 0 Å². The third-order valence-electron chi connectivity index (χ3n) is 1.82. The molecule has 0 fully saturated rings. The van der Waals surface area contributed by atoms with Gasteiger partial charge < -0.3 is 5.11 Å². The van der Waals surface area contributed by atoms with Crippen LogP contribution in [-0.2, 0) is 0 Å². The maximum Gasteiger partial charge on any atom is 0.0556 e. The second-order valence-electron chi connectivity index (χ2n) is 2.98. The number of aliphatic hydroxyl groups is 1. The minimum Gasteiger partial charge on any atom is -0.395 e. The van der Waals surface area contributed by atoms with Gasteiger partial charge in [-0.15, -0.1) is 0 Å². The molecule has 1 unspecified atom stereocenters. The lowest BCUT2D eigenvalue weighted by Crippen LogP contribution is -2.02. The van der Waals surface area contributed by atoms with Crippen LogP contribution < -0.4 is 0 Å². The van der Waals surface area contributed by atoms with E-state index in [0.29, 0.717) is 4.83 Å². The normalized spacial score (nSPS) is 13.4. The molecule has 0 aliphatic rings. The summed E-state index contributed by atoms with van der Waals surface area (Å²) in [5.41, 5.74) is 0. The van der Waals surface area contributed by atoms with Gasteiger partial charge in [-0.3, -0.25) is 0 Å². The Balaban J connectivity index is 2.89. The molecule has 68 valence electrons. The first-order valence-electron chi connectivity index (χ1n) is 4.56. The summed E-state index contributed by atoms with van der Waals surface area (Å²) in [7, 11) is 0. The van der Waals surface area contributed by atoms with Crippen LogP contribution in [0.5, 0.6) is 0 Å². The Morgan fingerprint density at radius 3 is 2.36 bits per heavy atom. The Labute approximate surface area is 78.3 Å². The molecule has 0 saturated carbocycles. The highest BCUT2D eigenvalue weighted by Crippen LogP contribution is 2.11. The smallest absolute Gasteiger partial charge is 0.0556 e. The Kier molecular flexibility index (Phi) is 8.88. The lowest BCUT2D eigenvalue weighted by Gasteiger charge is -2.04. The Morgan fingerprint density at radius 2 is 1.82 bits per heavy atom. The molecule has 0 saturated heterocycles. The van der Waals surface area contributed by atoms with Gasteiger partial charge in [0.25, 0.3) is 0 Å². The molecule has 0 aromatic heterocycles. The fourth-order valence-electron chi connectivity index (χ4n) is 1.06. The minimum atomic E-state index is 0.272. The van der Waals surface area contributed by atoms with Crippen molar-refractivity contribution in [3.63, 3.8) is 0 Å². The summed E-state index contributed by atoms with van der Waals surface area (Å²) < 4.78 is 0. The Hall–Kier alpha value is 0.440. The minimum absolute atomic E-state index is 0.272. The van der Waals surface area contributed by atoms with E-state index >= 15 is 0 Å². The monoisotopic (exact) mass is 222 g/mol. The quantitative estimate of drug-likeness (QED) is 0.519. The summed E-state index contributed by atoms with van der Waals surface area (Å²) in [4.78, 5) is 0.323. The molecule has 0 rings (SSSR count). The molecule has 0 amide bonds. The SMILES string of the molecule is CCCCCCCC(Br)CO. The van der Waals surface area contributed by atoms with Crippen LogP contribution in [0.3, 0.4) is 0 Å². The highest BCUT2D eigenvalue weighted by atomic mass is 79.9. The lowest BCUT2D eigenvalue weighted by atomic mass is 10.1. The van der Waals surface area contributed by atoms with Gasteiger partial charge in [0, 0.05) is 4.83 Å². The van der Waals surface area contributed by atoms with Crippen molar-refractivity contribution in [3.8, 4) is 0 Å². The lowest BCUT2D eigenvalue weighted by molar-refractivity contribution is 0.290. The second kappa shape index (κ2) is 8.54. The number of unbranched alkanes of at least 4 members (excludes halogenated alkanes) is 4. The Bertz CT molecular complexity index is 76.0. The van der Waals surface area contributed by atoms with Gasteiger partial charge >= 0.3 is 0 Å². The fraction of sp³-hybridized carbons (Fsp3) is 1.00. The fourth-order valence-corrected chi connectivity index (χ4v) is 1.38. The van der Waals surface area contributed by atoms with Crippen molar-refractivity contribution in [2.45, 2.75) is 50.3 Å². The molecule has 0 aromatic carbocycles. The van der Waals surface area contributed by atoms with E-state index in [1.165, 1.54) is 32.1 Å². The molecular formula is C9H19BrO. The van der Waals surface area contributed by atoms with Crippen molar-refractivity contribution in [2.24, 2.45) is 0 Å². The van der Waals surface area contributed by atoms with Gasteiger partial charge in [-0.25, -0.2) is 0 Å². The first-order chi connectivity index (χ1) is 5.31. The molecule has 1 N–H and O–H groups in total. The number of alkyl halides is 1. The van der Waals surface area contributed by atoms with Gasteiger partial charge in [0.2, 0.25) is 0 Å². The first-order valence-corrected chi connectivity index (χ1v) is 5.47. The van der Waals surface area contributed by atoms with Crippen LogP contribution in [-0.4, -0.2) is 16.5 Å². The molecule has 0 spiro atoms. The van der Waals surface area contributed by atoms with Crippen molar-refractivity contribution in [3.05, 3.63) is 0 Å². The predicted molar refractivity (Wildman–Crippen MR) is 53.2 cm³/mol. The third-order valence-corrected chi connectivity index (χ3v) is 2.57. The van der Waals surface area contributed by atoms with Crippen molar-refractivity contribution >= 4 is 15.9 Å². The van der Waals surface area contributed by atoms with E-state index < -0.39 is 0 Å².